The molecule has 6 nitrogen and oxygen atoms in total. The highest BCUT2D eigenvalue weighted by Crippen LogP contribution is 2.30. The number of carbonyl (C=O) groups excluding carboxylic acids is 2. The zero-order valence-electron chi connectivity index (χ0n) is 17.3. The quantitative estimate of drug-likeness (QED) is 0.379. The van der Waals surface area contributed by atoms with E-state index >= 15 is 0 Å². The maximum atomic E-state index is 12.7. The molecule has 0 bridgehead atoms. The van der Waals surface area contributed by atoms with Crippen molar-refractivity contribution in [3.63, 3.8) is 0 Å². The summed E-state index contributed by atoms with van der Waals surface area (Å²) in [6.45, 7) is 0. The van der Waals surface area contributed by atoms with Gasteiger partial charge in [0, 0.05) is 16.3 Å². The number of hydrogen-bond acceptors (Lipinski definition) is 5. The molecule has 0 aliphatic heterocycles. The van der Waals surface area contributed by atoms with Gasteiger partial charge in [0.2, 0.25) is 5.91 Å². The van der Waals surface area contributed by atoms with Gasteiger partial charge in [-0.05, 0) is 54.6 Å². The van der Waals surface area contributed by atoms with Crippen LogP contribution in [0, 0.1) is 0 Å². The number of rotatable bonds is 8. The molecule has 0 spiro atoms. The topological polar surface area (TPSA) is 76.7 Å². The molecule has 0 radical (unpaired) electrons. The normalized spacial score (nSPS) is 10.4. The van der Waals surface area contributed by atoms with Crippen molar-refractivity contribution in [2.75, 3.05) is 30.6 Å². The van der Waals surface area contributed by atoms with Crippen LogP contribution in [0.2, 0.25) is 10.0 Å². The number of hydrogen-bond donors (Lipinski definition) is 2. The molecule has 3 aromatic rings. The summed E-state index contributed by atoms with van der Waals surface area (Å²) in [5.41, 5.74) is 1.50. The number of carbonyl (C=O) groups is 2. The Labute approximate surface area is 200 Å². The molecular formula is C23H20Cl2N2O4S. The molecule has 0 atom stereocenters. The van der Waals surface area contributed by atoms with E-state index in [4.69, 9.17) is 32.7 Å². The zero-order valence-corrected chi connectivity index (χ0v) is 19.6. The van der Waals surface area contributed by atoms with E-state index in [1.165, 1.54) is 26.0 Å². The largest absolute Gasteiger partial charge is 0.496 e. The highest BCUT2D eigenvalue weighted by atomic mass is 35.5. The highest BCUT2D eigenvalue weighted by Gasteiger charge is 2.18. The number of halogens is 2. The molecular weight excluding hydrogens is 471 g/mol. The first-order valence-corrected chi connectivity index (χ1v) is 11.2. The van der Waals surface area contributed by atoms with E-state index in [0.29, 0.717) is 38.5 Å². The van der Waals surface area contributed by atoms with Gasteiger partial charge in [0.05, 0.1) is 30.0 Å². The Morgan fingerprint density at radius 2 is 1.47 bits per heavy atom. The smallest absolute Gasteiger partial charge is 0.263 e. The lowest BCUT2D eigenvalue weighted by atomic mass is 10.1. The average Bonchev–Trinajstić information content (AvgIpc) is 2.80. The maximum absolute atomic E-state index is 12.7. The van der Waals surface area contributed by atoms with Crippen LogP contribution in [0.1, 0.15) is 10.4 Å². The number of anilines is 2. The summed E-state index contributed by atoms with van der Waals surface area (Å²) in [4.78, 5) is 25.8. The Morgan fingerprint density at radius 3 is 2.06 bits per heavy atom. The summed E-state index contributed by atoms with van der Waals surface area (Å²) in [6.07, 6.45) is 0. The summed E-state index contributed by atoms with van der Waals surface area (Å²) in [5.74, 6) is 0.531. The lowest BCUT2D eigenvalue weighted by molar-refractivity contribution is -0.113. The van der Waals surface area contributed by atoms with E-state index in [-0.39, 0.29) is 17.6 Å². The van der Waals surface area contributed by atoms with Crippen LogP contribution < -0.4 is 20.1 Å². The molecule has 0 aliphatic rings. The van der Waals surface area contributed by atoms with Gasteiger partial charge in [0.15, 0.2) is 0 Å². The zero-order chi connectivity index (χ0) is 23.1. The lowest BCUT2D eigenvalue weighted by Crippen LogP contribution is -2.14. The van der Waals surface area contributed by atoms with Crippen molar-refractivity contribution in [1.29, 1.82) is 0 Å². The van der Waals surface area contributed by atoms with E-state index in [9.17, 15) is 9.59 Å². The van der Waals surface area contributed by atoms with Crippen LogP contribution in [0.15, 0.2) is 65.6 Å². The number of methoxy groups -OCH3 is 2. The molecule has 0 fully saturated rings. The van der Waals surface area contributed by atoms with Gasteiger partial charge in [-0.25, -0.2) is 0 Å². The first-order valence-electron chi connectivity index (χ1n) is 9.41. The number of nitrogens with one attached hydrogen (secondary N) is 2. The third-order valence-corrected chi connectivity index (χ3v) is 6.09. The summed E-state index contributed by atoms with van der Waals surface area (Å²) < 4.78 is 10.6. The van der Waals surface area contributed by atoms with Gasteiger partial charge >= 0.3 is 0 Å². The second kappa shape index (κ2) is 11.1. The van der Waals surface area contributed by atoms with Crippen LogP contribution in [0.25, 0.3) is 0 Å². The molecule has 9 heteroatoms. The van der Waals surface area contributed by atoms with Crippen LogP contribution in [0.4, 0.5) is 11.4 Å². The van der Waals surface area contributed by atoms with Gasteiger partial charge in [0.25, 0.3) is 5.91 Å². The van der Waals surface area contributed by atoms with Gasteiger partial charge in [-0.15, -0.1) is 11.8 Å². The number of thioether (sulfide) groups is 1. The fraction of sp³-hybridized carbons (Fsp3) is 0.130. The summed E-state index contributed by atoms with van der Waals surface area (Å²) >= 11 is 13.2. The van der Waals surface area contributed by atoms with Crippen molar-refractivity contribution >= 4 is 58.2 Å². The number of benzene rings is 3. The maximum Gasteiger partial charge on any atom is 0.263 e. The fourth-order valence-electron chi connectivity index (χ4n) is 2.82. The molecule has 0 heterocycles. The highest BCUT2D eigenvalue weighted by molar-refractivity contribution is 8.00. The Bertz CT molecular complexity index is 1100. The molecule has 0 saturated heterocycles. The van der Waals surface area contributed by atoms with E-state index in [0.717, 1.165) is 4.90 Å². The van der Waals surface area contributed by atoms with Crippen LogP contribution in [0.3, 0.4) is 0 Å². The van der Waals surface area contributed by atoms with Crippen LogP contribution in [-0.4, -0.2) is 31.8 Å². The Morgan fingerprint density at radius 1 is 0.844 bits per heavy atom. The lowest BCUT2D eigenvalue weighted by Gasteiger charge is -2.13. The predicted molar refractivity (Wildman–Crippen MR) is 130 cm³/mol. The van der Waals surface area contributed by atoms with Crippen molar-refractivity contribution < 1.29 is 19.1 Å². The molecule has 0 aromatic heterocycles. The van der Waals surface area contributed by atoms with Crippen molar-refractivity contribution in [2.45, 2.75) is 4.90 Å². The molecule has 2 N–H and O–H groups in total. The third kappa shape index (κ3) is 6.09. The van der Waals surface area contributed by atoms with Gasteiger partial charge in [-0.1, -0.05) is 29.3 Å². The Hall–Kier alpha value is -2.87. The molecule has 32 heavy (non-hydrogen) atoms. The Balaban J connectivity index is 1.58. The number of amides is 2. The molecule has 0 saturated carbocycles. The van der Waals surface area contributed by atoms with E-state index in [1.807, 2.05) is 12.1 Å². The SMILES string of the molecule is COc1cccc(OC)c1C(=O)Nc1ccc(SCC(=O)Nc2ccc(Cl)c(Cl)c2)cc1. The summed E-state index contributed by atoms with van der Waals surface area (Å²) in [6, 6.07) is 17.2. The molecule has 2 amide bonds. The van der Waals surface area contributed by atoms with Crippen molar-refractivity contribution in [1.82, 2.24) is 0 Å². The predicted octanol–water partition coefficient (Wildman–Crippen LogP) is 5.99. The minimum Gasteiger partial charge on any atom is -0.496 e. The molecule has 3 aromatic carbocycles. The minimum absolute atomic E-state index is 0.172. The molecule has 0 unspecified atom stereocenters. The van der Waals surface area contributed by atoms with Crippen LogP contribution in [0.5, 0.6) is 11.5 Å². The average molecular weight is 491 g/mol. The monoisotopic (exact) mass is 490 g/mol. The van der Waals surface area contributed by atoms with Gasteiger partial charge in [-0.2, -0.15) is 0 Å². The van der Waals surface area contributed by atoms with E-state index in [2.05, 4.69) is 10.6 Å². The van der Waals surface area contributed by atoms with Crippen LogP contribution in [-0.2, 0) is 4.79 Å². The van der Waals surface area contributed by atoms with Crippen LogP contribution >= 0.6 is 35.0 Å². The van der Waals surface area contributed by atoms with Gasteiger partial charge < -0.3 is 20.1 Å². The standard InChI is InChI=1S/C23H20Cl2N2O4S/c1-30-19-4-3-5-20(31-2)22(19)23(29)27-14-6-9-16(10-7-14)32-13-21(28)26-15-8-11-17(24)18(25)12-15/h3-12H,13H2,1-2H3,(H,26,28)(H,27,29). The van der Waals surface area contributed by atoms with Crippen molar-refractivity contribution in [2.24, 2.45) is 0 Å². The van der Waals surface area contributed by atoms with Crippen molar-refractivity contribution in [3.8, 4) is 11.5 Å². The first kappa shape index (κ1) is 23.8. The summed E-state index contributed by atoms with van der Waals surface area (Å²) in [5, 5.41) is 6.41. The molecule has 0 aliphatic carbocycles. The molecule has 3 rings (SSSR count). The second-order valence-corrected chi connectivity index (χ2v) is 8.34. The Kier molecular flexibility index (Phi) is 8.27. The van der Waals surface area contributed by atoms with Gasteiger partial charge in [-0.3, -0.25) is 9.59 Å². The van der Waals surface area contributed by atoms with Crippen molar-refractivity contribution in [3.05, 3.63) is 76.3 Å². The first-order chi connectivity index (χ1) is 15.4. The minimum atomic E-state index is -0.347. The third-order valence-electron chi connectivity index (χ3n) is 4.34. The summed E-state index contributed by atoms with van der Waals surface area (Å²) in [7, 11) is 2.99. The van der Waals surface area contributed by atoms with E-state index < -0.39 is 0 Å². The second-order valence-electron chi connectivity index (χ2n) is 6.48. The van der Waals surface area contributed by atoms with E-state index in [1.54, 1.807) is 48.5 Å². The number of ether oxygens (including phenoxy) is 2. The molecule has 166 valence electrons. The van der Waals surface area contributed by atoms with Gasteiger partial charge in [0.1, 0.15) is 17.1 Å². The fourth-order valence-corrected chi connectivity index (χ4v) is 3.82.